The molecule has 0 aromatic heterocycles. The molecule has 2 N–H and O–H groups in total. The van der Waals surface area contributed by atoms with Gasteiger partial charge in [0.25, 0.3) is 5.91 Å². The maximum atomic E-state index is 12.4. The Balaban J connectivity index is 2.88. The SMILES string of the molecule is CCC(CC)CN(CC)C(=O)c1cc(O)cc(O)c1. The standard InChI is InChI=1S/C15H23NO3/c1-4-11(5-2)10-16(6-3)15(19)12-7-13(17)9-14(18)8-12/h7-9,11,17-18H,4-6,10H2,1-3H3. The third kappa shape index (κ3) is 4.16. The Morgan fingerprint density at radius 2 is 1.63 bits per heavy atom. The molecule has 0 heterocycles. The molecule has 0 bridgehead atoms. The van der Waals surface area contributed by atoms with Crippen molar-refractivity contribution in [3.63, 3.8) is 0 Å². The lowest BCUT2D eigenvalue weighted by Crippen LogP contribution is -2.35. The Hall–Kier alpha value is -1.71. The van der Waals surface area contributed by atoms with Crippen molar-refractivity contribution in [2.75, 3.05) is 13.1 Å². The van der Waals surface area contributed by atoms with Crippen LogP contribution in [0.5, 0.6) is 11.5 Å². The van der Waals surface area contributed by atoms with Crippen LogP contribution < -0.4 is 0 Å². The van der Waals surface area contributed by atoms with Gasteiger partial charge in [-0.15, -0.1) is 0 Å². The normalized spacial score (nSPS) is 10.7. The summed E-state index contributed by atoms with van der Waals surface area (Å²) < 4.78 is 0. The summed E-state index contributed by atoms with van der Waals surface area (Å²) >= 11 is 0. The first-order valence-corrected chi connectivity index (χ1v) is 6.84. The van der Waals surface area contributed by atoms with Crippen molar-refractivity contribution in [2.24, 2.45) is 5.92 Å². The van der Waals surface area contributed by atoms with Gasteiger partial charge in [-0.25, -0.2) is 0 Å². The van der Waals surface area contributed by atoms with Gasteiger partial charge in [-0.2, -0.15) is 0 Å². The number of rotatable bonds is 6. The van der Waals surface area contributed by atoms with Crippen molar-refractivity contribution < 1.29 is 15.0 Å². The molecule has 0 saturated heterocycles. The Labute approximate surface area is 114 Å². The van der Waals surface area contributed by atoms with Crippen molar-refractivity contribution in [1.29, 1.82) is 0 Å². The zero-order chi connectivity index (χ0) is 14.4. The van der Waals surface area contributed by atoms with Gasteiger partial charge in [0.15, 0.2) is 0 Å². The molecule has 1 amide bonds. The first kappa shape index (κ1) is 15.3. The fraction of sp³-hybridized carbons (Fsp3) is 0.533. The molecule has 1 rings (SSSR count). The van der Waals surface area contributed by atoms with E-state index in [1.165, 1.54) is 18.2 Å². The summed E-state index contributed by atoms with van der Waals surface area (Å²) in [5.74, 6) is 0.138. The van der Waals surface area contributed by atoms with Crippen LogP contribution in [0.1, 0.15) is 44.0 Å². The first-order chi connectivity index (χ1) is 9.01. The highest BCUT2D eigenvalue weighted by Crippen LogP contribution is 2.22. The van der Waals surface area contributed by atoms with Crippen LogP contribution in [0.4, 0.5) is 0 Å². The molecule has 0 radical (unpaired) electrons. The smallest absolute Gasteiger partial charge is 0.254 e. The molecule has 0 atom stereocenters. The highest BCUT2D eigenvalue weighted by Gasteiger charge is 2.18. The van der Waals surface area contributed by atoms with Crippen LogP contribution >= 0.6 is 0 Å². The lowest BCUT2D eigenvalue weighted by molar-refractivity contribution is 0.0734. The molecular weight excluding hydrogens is 242 g/mol. The topological polar surface area (TPSA) is 60.8 Å². The zero-order valence-electron chi connectivity index (χ0n) is 11.9. The van der Waals surface area contributed by atoms with Crippen LogP contribution in [0.2, 0.25) is 0 Å². The molecule has 0 aliphatic heterocycles. The summed E-state index contributed by atoms with van der Waals surface area (Å²) in [6.07, 6.45) is 2.07. The number of hydrogen-bond donors (Lipinski definition) is 2. The number of benzene rings is 1. The molecule has 0 unspecified atom stereocenters. The monoisotopic (exact) mass is 265 g/mol. The van der Waals surface area contributed by atoms with Gasteiger partial charge in [0, 0.05) is 24.7 Å². The van der Waals surface area contributed by atoms with E-state index in [4.69, 9.17) is 0 Å². The van der Waals surface area contributed by atoms with Crippen LogP contribution in [0.15, 0.2) is 18.2 Å². The third-order valence-electron chi connectivity index (χ3n) is 3.45. The second-order valence-electron chi connectivity index (χ2n) is 4.76. The van der Waals surface area contributed by atoms with Crippen LogP contribution in [-0.4, -0.2) is 34.1 Å². The quantitative estimate of drug-likeness (QED) is 0.831. The largest absolute Gasteiger partial charge is 0.508 e. The van der Waals surface area contributed by atoms with Crippen LogP contribution in [-0.2, 0) is 0 Å². The number of phenolic OH excluding ortho intramolecular Hbond substituents is 2. The highest BCUT2D eigenvalue weighted by atomic mass is 16.3. The number of carbonyl (C=O) groups is 1. The van der Waals surface area contributed by atoms with Crippen molar-refractivity contribution in [1.82, 2.24) is 4.90 Å². The minimum atomic E-state index is -0.152. The molecule has 1 aromatic carbocycles. The van der Waals surface area contributed by atoms with Gasteiger partial charge in [0.2, 0.25) is 0 Å². The molecule has 0 aliphatic carbocycles. The van der Waals surface area contributed by atoms with E-state index in [2.05, 4.69) is 13.8 Å². The third-order valence-corrected chi connectivity index (χ3v) is 3.45. The number of carbonyl (C=O) groups excluding carboxylic acids is 1. The Kier molecular flexibility index (Phi) is 5.67. The predicted molar refractivity (Wildman–Crippen MR) is 75.4 cm³/mol. The van der Waals surface area contributed by atoms with E-state index in [0.29, 0.717) is 24.6 Å². The molecule has 4 heteroatoms. The van der Waals surface area contributed by atoms with Crippen LogP contribution in [0, 0.1) is 5.92 Å². The molecule has 106 valence electrons. The first-order valence-electron chi connectivity index (χ1n) is 6.84. The lowest BCUT2D eigenvalue weighted by Gasteiger charge is -2.25. The molecule has 0 fully saturated rings. The summed E-state index contributed by atoms with van der Waals surface area (Å²) in [7, 11) is 0. The Morgan fingerprint density at radius 3 is 2.05 bits per heavy atom. The van der Waals surface area contributed by atoms with Gasteiger partial charge in [-0.05, 0) is 25.0 Å². The van der Waals surface area contributed by atoms with E-state index >= 15 is 0 Å². The van der Waals surface area contributed by atoms with Gasteiger partial charge in [0.1, 0.15) is 11.5 Å². The summed E-state index contributed by atoms with van der Waals surface area (Å²) in [4.78, 5) is 14.1. The Bertz CT molecular complexity index is 407. The van der Waals surface area contributed by atoms with E-state index in [0.717, 1.165) is 12.8 Å². The maximum absolute atomic E-state index is 12.4. The van der Waals surface area contributed by atoms with E-state index in [1.54, 1.807) is 4.90 Å². The minimum Gasteiger partial charge on any atom is -0.508 e. The molecule has 0 aliphatic rings. The van der Waals surface area contributed by atoms with Gasteiger partial charge in [-0.1, -0.05) is 26.7 Å². The number of hydrogen-bond acceptors (Lipinski definition) is 3. The molecule has 0 spiro atoms. The van der Waals surface area contributed by atoms with E-state index in [-0.39, 0.29) is 17.4 Å². The van der Waals surface area contributed by atoms with Crippen molar-refractivity contribution in [3.05, 3.63) is 23.8 Å². The average Bonchev–Trinajstić information content (AvgIpc) is 2.38. The highest BCUT2D eigenvalue weighted by molar-refractivity contribution is 5.95. The number of amides is 1. The summed E-state index contributed by atoms with van der Waals surface area (Å²) in [6, 6.07) is 3.99. The summed E-state index contributed by atoms with van der Waals surface area (Å²) in [6.45, 7) is 7.49. The van der Waals surface area contributed by atoms with Crippen LogP contribution in [0.25, 0.3) is 0 Å². The molecular formula is C15H23NO3. The average molecular weight is 265 g/mol. The van der Waals surface area contributed by atoms with Gasteiger partial charge >= 0.3 is 0 Å². The fourth-order valence-electron chi connectivity index (χ4n) is 2.12. The van der Waals surface area contributed by atoms with Crippen molar-refractivity contribution in [3.8, 4) is 11.5 Å². The molecule has 19 heavy (non-hydrogen) atoms. The molecule has 4 nitrogen and oxygen atoms in total. The summed E-state index contributed by atoms with van der Waals surface area (Å²) in [5, 5.41) is 18.9. The molecule has 1 aromatic rings. The van der Waals surface area contributed by atoms with Crippen molar-refractivity contribution in [2.45, 2.75) is 33.6 Å². The van der Waals surface area contributed by atoms with E-state index in [1.807, 2.05) is 6.92 Å². The van der Waals surface area contributed by atoms with Crippen molar-refractivity contribution >= 4 is 5.91 Å². The second-order valence-corrected chi connectivity index (χ2v) is 4.76. The predicted octanol–water partition coefficient (Wildman–Crippen LogP) is 3.00. The van der Waals surface area contributed by atoms with Gasteiger partial charge in [0.05, 0.1) is 0 Å². The lowest BCUT2D eigenvalue weighted by atomic mass is 10.0. The second kappa shape index (κ2) is 7.02. The maximum Gasteiger partial charge on any atom is 0.254 e. The van der Waals surface area contributed by atoms with E-state index < -0.39 is 0 Å². The van der Waals surface area contributed by atoms with E-state index in [9.17, 15) is 15.0 Å². The summed E-state index contributed by atoms with van der Waals surface area (Å²) in [5.41, 5.74) is 0.324. The number of aromatic hydroxyl groups is 2. The fourth-order valence-corrected chi connectivity index (χ4v) is 2.12. The number of phenols is 2. The van der Waals surface area contributed by atoms with Gasteiger partial charge < -0.3 is 15.1 Å². The van der Waals surface area contributed by atoms with Crippen LogP contribution in [0.3, 0.4) is 0 Å². The van der Waals surface area contributed by atoms with Gasteiger partial charge in [-0.3, -0.25) is 4.79 Å². The Morgan fingerprint density at radius 1 is 1.11 bits per heavy atom. The minimum absolute atomic E-state index is 0.0954. The molecule has 0 saturated carbocycles. The number of nitrogens with zero attached hydrogens (tertiary/aromatic N) is 1. The zero-order valence-corrected chi connectivity index (χ0v) is 11.9.